The minimum absolute atomic E-state index is 0.0206. The molecule has 2 atom stereocenters. The number of carbonyl (C=O) groups is 1. The van der Waals surface area contributed by atoms with E-state index in [2.05, 4.69) is 19.2 Å². The molecule has 0 aromatic heterocycles. The fraction of sp³-hybridized carbons (Fsp3) is 0.909. The maximum atomic E-state index is 11.4. The van der Waals surface area contributed by atoms with Crippen LogP contribution in [0.5, 0.6) is 0 Å². The summed E-state index contributed by atoms with van der Waals surface area (Å²) in [5.41, 5.74) is 5.88. The molecule has 0 aromatic rings. The first kappa shape index (κ1) is 11.5. The van der Waals surface area contributed by atoms with Crippen molar-refractivity contribution in [1.82, 2.24) is 5.32 Å². The van der Waals surface area contributed by atoms with Gasteiger partial charge in [-0.2, -0.15) is 0 Å². The van der Waals surface area contributed by atoms with Crippen LogP contribution in [0.4, 0.5) is 0 Å². The van der Waals surface area contributed by atoms with E-state index < -0.39 is 0 Å². The van der Waals surface area contributed by atoms with E-state index >= 15 is 0 Å². The molecule has 0 bridgehead atoms. The number of hydrogen-bond acceptors (Lipinski definition) is 2. The summed E-state index contributed by atoms with van der Waals surface area (Å²) < 4.78 is 0. The zero-order chi connectivity index (χ0) is 10.8. The molecule has 14 heavy (non-hydrogen) atoms. The van der Waals surface area contributed by atoms with Crippen molar-refractivity contribution >= 4 is 5.91 Å². The van der Waals surface area contributed by atoms with Crippen LogP contribution < -0.4 is 11.1 Å². The number of carbonyl (C=O) groups excluding carboxylic acids is 1. The van der Waals surface area contributed by atoms with Crippen molar-refractivity contribution in [2.75, 3.05) is 0 Å². The van der Waals surface area contributed by atoms with Crippen LogP contribution in [0, 0.1) is 5.41 Å². The summed E-state index contributed by atoms with van der Waals surface area (Å²) >= 11 is 0. The third-order valence-corrected chi connectivity index (χ3v) is 2.97. The van der Waals surface area contributed by atoms with Crippen LogP contribution in [0.1, 0.15) is 46.5 Å². The molecule has 3 heteroatoms. The maximum absolute atomic E-state index is 11.4. The van der Waals surface area contributed by atoms with Gasteiger partial charge in [-0.15, -0.1) is 0 Å². The van der Waals surface area contributed by atoms with E-state index in [1.807, 2.05) is 0 Å². The Bertz CT molecular complexity index is 211. The molecule has 82 valence electrons. The highest BCUT2D eigenvalue weighted by Gasteiger charge is 2.28. The van der Waals surface area contributed by atoms with Crippen molar-refractivity contribution in [2.45, 2.75) is 58.5 Å². The lowest BCUT2D eigenvalue weighted by Crippen LogP contribution is -2.46. The van der Waals surface area contributed by atoms with Crippen LogP contribution >= 0.6 is 0 Å². The Hall–Kier alpha value is -0.570. The molecule has 1 unspecified atom stereocenters. The highest BCUT2D eigenvalue weighted by molar-refractivity contribution is 5.81. The van der Waals surface area contributed by atoms with Crippen molar-refractivity contribution in [3.8, 4) is 0 Å². The topological polar surface area (TPSA) is 55.1 Å². The van der Waals surface area contributed by atoms with Crippen molar-refractivity contribution in [2.24, 2.45) is 11.1 Å². The third kappa shape index (κ3) is 3.29. The highest BCUT2D eigenvalue weighted by atomic mass is 16.2. The fourth-order valence-electron chi connectivity index (χ4n) is 2.15. The SMILES string of the molecule is C[C@@H](N)C(=O)NC1CCCC(C)(C)C1. The lowest BCUT2D eigenvalue weighted by atomic mass is 9.75. The smallest absolute Gasteiger partial charge is 0.236 e. The molecule has 1 rings (SSSR count). The number of nitrogens with one attached hydrogen (secondary N) is 1. The largest absolute Gasteiger partial charge is 0.352 e. The monoisotopic (exact) mass is 198 g/mol. The summed E-state index contributed by atoms with van der Waals surface area (Å²) in [6, 6.07) is -0.0581. The van der Waals surface area contributed by atoms with Gasteiger partial charge in [-0.05, 0) is 31.6 Å². The normalized spacial score (nSPS) is 28.1. The Labute approximate surface area is 86.4 Å². The van der Waals surface area contributed by atoms with E-state index in [4.69, 9.17) is 5.73 Å². The molecular weight excluding hydrogens is 176 g/mol. The van der Waals surface area contributed by atoms with E-state index in [1.165, 1.54) is 12.8 Å². The number of amides is 1. The minimum Gasteiger partial charge on any atom is -0.352 e. The zero-order valence-electron chi connectivity index (χ0n) is 9.47. The Kier molecular flexibility index (Phi) is 3.53. The Balaban J connectivity index is 2.42. The van der Waals surface area contributed by atoms with E-state index in [9.17, 15) is 4.79 Å². The summed E-state index contributed by atoms with van der Waals surface area (Å²) in [5, 5.41) is 3.01. The predicted octanol–water partition coefficient (Wildman–Crippen LogP) is 1.42. The summed E-state index contributed by atoms with van der Waals surface area (Å²) in [6.07, 6.45) is 4.64. The Morgan fingerprint density at radius 1 is 1.57 bits per heavy atom. The van der Waals surface area contributed by atoms with Crippen LogP contribution in [0.3, 0.4) is 0 Å². The average Bonchev–Trinajstić information content (AvgIpc) is 2.01. The van der Waals surface area contributed by atoms with E-state index in [1.54, 1.807) is 6.92 Å². The predicted molar refractivity (Wildman–Crippen MR) is 57.8 cm³/mol. The lowest BCUT2D eigenvalue weighted by Gasteiger charge is -2.35. The molecule has 1 saturated carbocycles. The molecule has 1 amide bonds. The highest BCUT2D eigenvalue weighted by Crippen LogP contribution is 2.34. The van der Waals surface area contributed by atoms with Crippen LogP contribution in [0.25, 0.3) is 0 Å². The second-order valence-electron chi connectivity index (χ2n) is 5.25. The molecule has 3 nitrogen and oxygen atoms in total. The second-order valence-corrected chi connectivity index (χ2v) is 5.25. The maximum Gasteiger partial charge on any atom is 0.236 e. The van der Waals surface area contributed by atoms with Crippen LogP contribution in [0.2, 0.25) is 0 Å². The molecule has 1 aliphatic rings. The molecule has 3 N–H and O–H groups in total. The van der Waals surface area contributed by atoms with Gasteiger partial charge in [0, 0.05) is 6.04 Å². The fourth-order valence-corrected chi connectivity index (χ4v) is 2.15. The van der Waals surface area contributed by atoms with E-state index in [0.717, 1.165) is 12.8 Å². The van der Waals surface area contributed by atoms with Crippen molar-refractivity contribution < 1.29 is 4.79 Å². The van der Waals surface area contributed by atoms with Gasteiger partial charge >= 0.3 is 0 Å². The molecule has 0 heterocycles. The molecule has 0 spiro atoms. The molecule has 0 aliphatic heterocycles. The van der Waals surface area contributed by atoms with Crippen molar-refractivity contribution in [3.63, 3.8) is 0 Å². The summed E-state index contributed by atoms with van der Waals surface area (Å²) in [7, 11) is 0. The first-order valence-corrected chi connectivity index (χ1v) is 5.47. The molecule has 1 aliphatic carbocycles. The lowest BCUT2D eigenvalue weighted by molar-refractivity contribution is -0.123. The van der Waals surface area contributed by atoms with Crippen LogP contribution in [-0.2, 0) is 4.79 Å². The number of nitrogens with two attached hydrogens (primary N) is 1. The van der Waals surface area contributed by atoms with E-state index in [-0.39, 0.29) is 11.9 Å². The number of rotatable bonds is 2. The van der Waals surface area contributed by atoms with Gasteiger partial charge in [-0.1, -0.05) is 20.3 Å². The quantitative estimate of drug-likeness (QED) is 0.705. The van der Waals surface area contributed by atoms with E-state index in [0.29, 0.717) is 11.5 Å². The second kappa shape index (κ2) is 4.30. The first-order chi connectivity index (χ1) is 6.41. The molecule has 0 aromatic carbocycles. The molecular formula is C11H22N2O. The number of hydrogen-bond donors (Lipinski definition) is 2. The van der Waals surface area contributed by atoms with Gasteiger partial charge in [0.1, 0.15) is 0 Å². The van der Waals surface area contributed by atoms with Gasteiger partial charge in [0.15, 0.2) is 0 Å². The molecule has 0 radical (unpaired) electrons. The third-order valence-electron chi connectivity index (χ3n) is 2.97. The Morgan fingerprint density at radius 2 is 2.21 bits per heavy atom. The van der Waals surface area contributed by atoms with Gasteiger partial charge in [0.2, 0.25) is 5.91 Å². The van der Waals surface area contributed by atoms with Crippen molar-refractivity contribution in [1.29, 1.82) is 0 Å². The standard InChI is InChI=1S/C11H22N2O/c1-8(12)10(14)13-9-5-4-6-11(2,3)7-9/h8-9H,4-7,12H2,1-3H3,(H,13,14)/t8-,9?/m1/s1. The zero-order valence-corrected chi connectivity index (χ0v) is 9.47. The van der Waals surface area contributed by atoms with Crippen LogP contribution in [0.15, 0.2) is 0 Å². The van der Waals surface area contributed by atoms with Crippen LogP contribution in [-0.4, -0.2) is 18.0 Å². The van der Waals surface area contributed by atoms with Gasteiger partial charge < -0.3 is 11.1 Å². The average molecular weight is 198 g/mol. The summed E-state index contributed by atoms with van der Waals surface area (Å²) in [5.74, 6) is -0.0206. The summed E-state index contributed by atoms with van der Waals surface area (Å²) in [6.45, 7) is 6.25. The van der Waals surface area contributed by atoms with Gasteiger partial charge in [0.25, 0.3) is 0 Å². The molecule has 1 fully saturated rings. The van der Waals surface area contributed by atoms with Crippen molar-refractivity contribution in [3.05, 3.63) is 0 Å². The molecule has 0 saturated heterocycles. The van der Waals surface area contributed by atoms with Gasteiger partial charge in [-0.3, -0.25) is 4.79 Å². The minimum atomic E-state index is -0.389. The Morgan fingerprint density at radius 3 is 2.71 bits per heavy atom. The first-order valence-electron chi connectivity index (χ1n) is 5.47. The summed E-state index contributed by atoms with van der Waals surface area (Å²) in [4.78, 5) is 11.4. The van der Waals surface area contributed by atoms with Gasteiger partial charge in [-0.25, -0.2) is 0 Å². The van der Waals surface area contributed by atoms with Gasteiger partial charge in [0.05, 0.1) is 6.04 Å².